The Hall–Kier alpha value is -0.130. The third-order valence-electron chi connectivity index (χ3n) is 2.34. The topological polar surface area (TPSA) is 58.2 Å². The Morgan fingerprint density at radius 3 is 2.18 bits per heavy atom. The molecule has 17 heavy (non-hydrogen) atoms. The highest BCUT2D eigenvalue weighted by Gasteiger charge is 2.13. The molecular formula is C12H28N2O2S. The minimum absolute atomic E-state index is 0.168. The van der Waals surface area contributed by atoms with Crippen LogP contribution in [0.15, 0.2) is 0 Å². The molecule has 0 spiro atoms. The third kappa shape index (κ3) is 12.1. The van der Waals surface area contributed by atoms with Crippen molar-refractivity contribution >= 4 is 10.0 Å². The van der Waals surface area contributed by atoms with Crippen LogP contribution < -0.4 is 10.0 Å². The van der Waals surface area contributed by atoms with Crippen LogP contribution in [-0.2, 0) is 10.0 Å². The Morgan fingerprint density at radius 1 is 1.12 bits per heavy atom. The molecule has 4 nitrogen and oxygen atoms in total. The molecule has 0 heterocycles. The fraction of sp³-hybridized carbons (Fsp3) is 1.00. The third-order valence-corrected chi connectivity index (χ3v) is 3.81. The molecule has 0 unspecified atom stereocenters. The molecule has 0 aliphatic heterocycles. The van der Waals surface area contributed by atoms with Gasteiger partial charge in [-0.3, -0.25) is 0 Å². The maximum atomic E-state index is 11.6. The first kappa shape index (κ1) is 16.9. The van der Waals surface area contributed by atoms with Crippen molar-refractivity contribution in [2.75, 3.05) is 18.8 Å². The Kier molecular flexibility index (Phi) is 7.28. The van der Waals surface area contributed by atoms with E-state index in [9.17, 15) is 8.42 Å². The fourth-order valence-electron chi connectivity index (χ4n) is 1.31. The van der Waals surface area contributed by atoms with Gasteiger partial charge >= 0.3 is 0 Å². The molecule has 104 valence electrons. The summed E-state index contributed by atoms with van der Waals surface area (Å²) in [5.41, 5.74) is 0.168. The Labute approximate surface area is 107 Å². The lowest BCUT2D eigenvalue weighted by Gasteiger charge is -2.18. The van der Waals surface area contributed by atoms with Crippen LogP contribution in [0, 0.1) is 5.41 Å². The minimum atomic E-state index is -3.09. The van der Waals surface area contributed by atoms with E-state index in [0.29, 0.717) is 19.0 Å². The van der Waals surface area contributed by atoms with Crippen molar-refractivity contribution in [3.8, 4) is 0 Å². The lowest BCUT2D eigenvalue weighted by Crippen LogP contribution is -2.31. The molecule has 0 saturated carbocycles. The fourth-order valence-corrected chi connectivity index (χ4v) is 2.39. The van der Waals surface area contributed by atoms with Crippen LogP contribution in [0.25, 0.3) is 0 Å². The molecule has 0 amide bonds. The zero-order valence-electron chi connectivity index (χ0n) is 11.8. The van der Waals surface area contributed by atoms with Crippen LogP contribution in [0.5, 0.6) is 0 Å². The molecule has 0 radical (unpaired) electrons. The molecule has 0 fully saturated rings. The van der Waals surface area contributed by atoms with Crippen LogP contribution in [0.2, 0.25) is 0 Å². The molecule has 0 aliphatic rings. The second kappa shape index (κ2) is 7.34. The number of sulfonamides is 1. The summed E-state index contributed by atoms with van der Waals surface area (Å²) in [7, 11) is -3.09. The second-order valence-corrected chi connectivity index (χ2v) is 7.91. The van der Waals surface area contributed by atoms with Crippen LogP contribution >= 0.6 is 0 Å². The summed E-state index contributed by atoms with van der Waals surface area (Å²) in [5, 5.41) is 3.21. The monoisotopic (exact) mass is 264 g/mol. The highest BCUT2D eigenvalue weighted by atomic mass is 32.2. The van der Waals surface area contributed by atoms with E-state index < -0.39 is 10.0 Å². The van der Waals surface area contributed by atoms with Gasteiger partial charge in [0, 0.05) is 12.6 Å². The standard InChI is InChI=1S/C12H28N2O2S/c1-11(2)13-8-6-10-17(15,16)14-9-7-12(3,4)5/h11,13-14H,6-10H2,1-5H3. The van der Waals surface area contributed by atoms with Crippen LogP contribution in [0.3, 0.4) is 0 Å². The first-order chi connectivity index (χ1) is 7.62. The average Bonchev–Trinajstić information content (AvgIpc) is 2.09. The van der Waals surface area contributed by atoms with Gasteiger partial charge in [-0.2, -0.15) is 0 Å². The van der Waals surface area contributed by atoms with E-state index in [2.05, 4.69) is 44.7 Å². The van der Waals surface area contributed by atoms with Crippen molar-refractivity contribution in [3.05, 3.63) is 0 Å². The zero-order chi connectivity index (χ0) is 13.5. The van der Waals surface area contributed by atoms with E-state index in [1.807, 2.05) is 0 Å². The van der Waals surface area contributed by atoms with Crippen LogP contribution in [0.1, 0.15) is 47.5 Å². The summed E-state index contributed by atoms with van der Waals surface area (Å²) in [5.74, 6) is 0.205. The smallest absolute Gasteiger partial charge is 0.211 e. The molecule has 0 bridgehead atoms. The molecule has 0 aromatic heterocycles. The number of nitrogens with one attached hydrogen (secondary N) is 2. The Balaban J connectivity index is 3.74. The molecule has 0 saturated heterocycles. The summed E-state index contributed by atoms with van der Waals surface area (Å²) < 4.78 is 25.9. The first-order valence-corrected chi connectivity index (χ1v) is 7.98. The Bertz CT molecular complexity index is 292. The normalized spacial score (nSPS) is 13.3. The van der Waals surface area contributed by atoms with Gasteiger partial charge in [0.2, 0.25) is 10.0 Å². The molecule has 5 heteroatoms. The lowest BCUT2D eigenvalue weighted by atomic mass is 9.93. The predicted molar refractivity (Wildman–Crippen MR) is 73.6 cm³/mol. The summed E-state index contributed by atoms with van der Waals surface area (Å²) in [4.78, 5) is 0. The van der Waals surface area contributed by atoms with Gasteiger partial charge in [-0.05, 0) is 24.8 Å². The van der Waals surface area contributed by atoms with E-state index in [1.165, 1.54) is 0 Å². The first-order valence-electron chi connectivity index (χ1n) is 6.33. The van der Waals surface area contributed by atoms with Crippen molar-refractivity contribution in [2.45, 2.75) is 53.5 Å². The summed E-state index contributed by atoms with van der Waals surface area (Å²) in [6.07, 6.45) is 1.51. The van der Waals surface area contributed by atoms with Gasteiger partial charge in [0.15, 0.2) is 0 Å². The largest absolute Gasteiger partial charge is 0.314 e. The number of hydrogen-bond acceptors (Lipinski definition) is 3. The second-order valence-electron chi connectivity index (χ2n) is 5.99. The maximum Gasteiger partial charge on any atom is 0.211 e. The van der Waals surface area contributed by atoms with E-state index in [-0.39, 0.29) is 11.2 Å². The van der Waals surface area contributed by atoms with Crippen molar-refractivity contribution in [1.82, 2.24) is 10.0 Å². The van der Waals surface area contributed by atoms with Gasteiger partial charge in [0.25, 0.3) is 0 Å². The zero-order valence-corrected chi connectivity index (χ0v) is 12.7. The lowest BCUT2D eigenvalue weighted by molar-refractivity contribution is 0.378. The summed E-state index contributed by atoms with van der Waals surface area (Å²) >= 11 is 0. The summed E-state index contributed by atoms with van der Waals surface area (Å²) in [6.45, 7) is 11.7. The molecule has 0 atom stereocenters. The summed E-state index contributed by atoms with van der Waals surface area (Å²) in [6, 6.07) is 0.409. The van der Waals surface area contributed by atoms with Gasteiger partial charge in [-0.25, -0.2) is 13.1 Å². The minimum Gasteiger partial charge on any atom is -0.314 e. The molecular weight excluding hydrogens is 236 g/mol. The van der Waals surface area contributed by atoms with Gasteiger partial charge in [0.05, 0.1) is 5.75 Å². The average molecular weight is 264 g/mol. The SMILES string of the molecule is CC(C)NCCCS(=O)(=O)NCCC(C)(C)C. The van der Waals surface area contributed by atoms with Crippen molar-refractivity contribution < 1.29 is 8.42 Å². The number of hydrogen-bond donors (Lipinski definition) is 2. The van der Waals surface area contributed by atoms with Gasteiger partial charge in [0.1, 0.15) is 0 Å². The van der Waals surface area contributed by atoms with Gasteiger partial charge in [-0.1, -0.05) is 34.6 Å². The van der Waals surface area contributed by atoms with Gasteiger partial charge in [-0.15, -0.1) is 0 Å². The predicted octanol–water partition coefficient (Wildman–Crippen LogP) is 1.73. The van der Waals surface area contributed by atoms with Crippen LogP contribution in [-0.4, -0.2) is 33.3 Å². The number of rotatable bonds is 8. The quantitative estimate of drug-likeness (QED) is 0.656. The molecule has 0 aliphatic carbocycles. The highest BCUT2D eigenvalue weighted by molar-refractivity contribution is 7.89. The van der Waals surface area contributed by atoms with Crippen molar-refractivity contribution in [3.63, 3.8) is 0 Å². The Morgan fingerprint density at radius 2 is 1.71 bits per heavy atom. The highest BCUT2D eigenvalue weighted by Crippen LogP contribution is 2.17. The van der Waals surface area contributed by atoms with E-state index in [0.717, 1.165) is 13.0 Å². The van der Waals surface area contributed by atoms with Crippen LogP contribution in [0.4, 0.5) is 0 Å². The maximum absolute atomic E-state index is 11.6. The van der Waals surface area contributed by atoms with E-state index in [1.54, 1.807) is 0 Å². The van der Waals surface area contributed by atoms with E-state index in [4.69, 9.17) is 0 Å². The van der Waals surface area contributed by atoms with Crippen molar-refractivity contribution in [1.29, 1.82) is 0 Å². The molecule has 0 rings (SSSR count). The molecule has 2 N–H and O–H groups in total. The van der Waals surface area contributed by atoms with Crippen molar-refractivity contribution in [2.24, 2.45) is 5.41 Å². The van der Waals surface area contributed by atoms with Gasteiger partial charge < -0.3 is 5.32 Å². The van der Waals surface area contributed by atoms with E-state index >= 15 is 0 Å². The molecule has 0 aromatic carbocycles. The molecule has 0 aromatic rings.